The molecule has 2 rings (SSSR count). The number of carbonyl (C=O) groups is 2. The average molecular weight is 417 g/mol. The first-order valence-corrected chi connectivity index (χ1v) is 10.1. The highest BCUT2D eigenvalue weighted by Gasteiger charge is 2.22. The Bertz CT molecular complexity index is 859. The summed E-state index contributed by atoms with van der Waals surface area (Å²) < 4.78 is 16.3. The summed E-state index contributed by atoms with van der Waals surface area (Å²) in [6, 6.07) is 9.42. The Balaban J connectivity index is 2.16. The van der Waals surface area contributed by atoms with Crippen LogP contribution >= 0.6 is 0 Å². The van der Waals surface area contributed by atoms with E-state index in [1.165, 1.54) is 6.92 Å². The number of furan rings is 1. The van der Waals surface area contributed by atoms with Gasteiger partial charge in [-0.25, -0.2) is 0 Å². The van der Waals surface area contributed by atoms with Gasteiger partial charge in [0.15, 0.2) is 11.5 Å². The van der Waals surface area contributed by atoms with E-state index >= 15 is 0 Å². The second kappa shape index (κ2) is 10.7. The average Bonchev–Trinajstić information content (AvgIpc) is 3.12. The van der Waals surface area contributed by atoms with Crippen molar-refractivity contribution in [1.82, 2.24) is 9.80 Å². The summed E-state index contributed by atoms with van der Waals surface area (Å²) in [4.78, 5) is 28.3. The summed E-state index contributed by atoms with van der Waals surface area (Å²) in [5.41, 5.74) is 1.02. The van der Waals surface area contributed by atoms with E-state index in [-0.39, 0.29) is 24.4 Å². The molecule has 0 saturated heterocycles. The normalized spacial score (nSPS) is 10.8. The van der Waals surface area contributed by atoms with E-state index in [4.69, 9.17) is 13.9 Å². The van der Waals surface area contributed by atoms with Crippen molar-refractivity contribution >= 4 is 11.8 Å². The Morgan fingerprint density at radius 2 is 1.77 bits per heavy atom. The fourth-order valence-corrected chi connectivity index (χ4v) is 3.25. The largest absolute Gasteiger partial charge is 0.493 e. The molecule has 0 atom stereocenters. The van der Waals surface area contributed by atoms with Gasteiger partial charge in [0.2, 0.25) is 11.8 Å². The molecule has 0 fully saturated rings. The number of aryl methyl sites for hydroxylation is 1. The molecule has 7 nitrogen and oxygen atoms in total. The molecule has 0 aliphatic heterocycles. The third-order valence-corrected chi connectivity index (χ3v) is 4.95. The van der Waals surface area contributed by atoms with Crippen molar-refractivity contribution < 1.29 is 23.5 Å². The summed E-state index contributed by atoms with van der Waals surface area (Å²) in [7, 11) is 3.19. The van der Waals surface area contributed by atoms with Crippen LogP contribution in [0.5, 0.6) is 11.5 Å². The predicted molar refractivity (Wildman–Crippen MR) is 115 cm³/mol. The van der Waals surface area contributed by atoms with Crippen LogP contribution in [0, 0.1) is 6.92 Å². The molecular formula is C23H32N2O5. The van der Waals surface area contributed by atoms with Crippen LogP contribution < -0.4 is 9.47 Å². The molecule has 0 radical (unpaired) electrons. The lowest BCUT2D eigenvalue weighted by Gasteiger charge is -2.29. The molecule has 0 unspecified atom stereocenters. The highest BCUT2D eigenvalue weighted by atomic mass is 16.5. The van der Waals surface area contributed by atoms with Crippen molar-refractivity contribution in [2.24, 2.45) is 0 Å². The SMILES string of the molecule is COc1ccc(CCN(Cc2ccc(C)o2)C(=O)CN(C(C)=O)C(C)C)cc1OC. The van der Waals surface area contributed by atoms with Crippen molar-refractivity contribution in [2.75, 3.05) is 27.3 Å². The number of benzene rings is 1. The number of hydrogen-bond acceptors (Lipinski definition) is 5. The molecule has 30 heavy (non-hydrogen) atoms. The minimum absolute atomic E-state index is 0.0403. The maximum absolute atomic E-state index is 13.1. The van der Waals surface area contributed by atoms with Gasteiger partial charge in [0.25, 0.3) is 0 Å². The van der Waals surface area contributed by atoms with Gasteiger partial charge in [-0.2, -0.15) is 0 Å². The third-order valence-electron chi connectivity index (χ3n) is 4.95. The van der Waals surface area contributed by atoms with Crippen molar-refractivity contribution in [3.8, 4) is 11.5 Å². The van der Waals surface area contributed by atoms with Gasteiger partial charge in [-0.1, -0.05) is 6.07 Å². The summed E-state index contributed by atoms with van der Waals surface area (Å²) >= 11 is 0. The van der Waals surface area contributed by atoms with Crippen LogP contribution in [0.25, 0.3) is 0 Å². The lowest BCUT2D eigenvalue weighted by Crippen LogP contribution is -2.45. The molecule has 0 aliphatic carbocycles. The highest BCUT2D eigenvalue weighted by molar-refractivity contribution is 5.84. The van der Waals surface area contributed by atoms with Gasteiger partial charge in [0.05, 0.1) is 27.3 Å². The molecule has 164 valence electrons. The van der Waals surface area contributed by atoms with Crippen molar-refractivity contribution in [2.45, 2.75) is 46.7 Å². The first kappa shape index (κ1) is 23.3. The first-order valence-electron chi connectivity index (χ1n) is 10.1. The number of carbonyl (C=O) groups excluding carboxylic acids is 2. The van der Waals surface area contributed by atoms with Gasteiger partial charge in [0.1, 0.15) is 11.5 Å². The van der Waals surface area contributed by atoms with Crippen LogP contribution in [0.15, 0.2) is 34.7 Å². The number of rotatable bonds is 10. The molecule has 0 bridgehead atoms. The predicted octanol–water partition coefficient (Wildman–Crippen LogP) is 3.43. The summed E-state index contributed by atoms with van der Waals surface area (Å²) in [5.74, 6) is 2.59. The zero-order valence-electron chi connectivity index (χ0n) is 18.7. The van der Waals surface area contributed by atoms with Gasteiger partial charge >= 0.3 is 0 Å². The molecular weight excluding hydrogens is 384 g/mol. The van der Waals surface area contributed by atoms with E-state index in [0.29, 0.717) is 36.8 Å². The number of ether oxygens (including phenoxy) is 2. The van der Waals surface area contributed by atoms with E-state index in [1.54, 1.807) is 24.0 Å². The molecule has 0 saturated carbocycles. The van der Waals surface area contributed by atoms with Crippen LogP contribution in [0.2, 0.25) is 0 Å². The molecule has 1 heterocycles. The number of nitrogens with zero attached hydrogens (tertiary/aromatic N) is 2. The second-order valence-electron chi connectivity index (χ2n) is 7.51. The van der Waals surface area contributed by atoms with Crippen LogP contribution in [-0.4, -0.2) is 55.0 Å². The minimum atomic E-state index is -0.118. The Kier molecular flexibility index (Phi) is 8.33. The lowest BCUT2D eigenvalue weighted by atomic mass is 10.1. The maximum Gasteiger partial charge on any atom is 0.242 e. The van der Waals surface area contributed by atoms with Crippen LogP contribution in [0.4, 0.5) is 0 Å². The van der Waals surface area contributed by atoms with E-state index in [0.717, 1.165) is 11.3 Å². The van der Waals surface area contributed by atoms with E-state index in [1.807, 2.05) is 51.1 Å². The lowest BCUT2D eigenvalue weighted by molar-refractivity contribution is -0.141. The molecule has 1 aromatic carbocycles. The fourth-order valence-electron chi connectivity index (χ4n) is 3.25. The molecule has 0 aliphatic rings. The summed E-state index contributed by atoms with van der Waals surface area (Å²) in [6.45, 7) is 8.03. The van der Waals surface area contributed by atoms with Gasteiger partial charge in [-0.05, 0) is 57.0 Å². The molecule has 2 aromatic rings. The van der Waals surface area contributed by atoms with Crippen LogP contribution in [0.1, 0.15) is 37.9 Å². The molecule has 0 spiro atoms. The highest BCUT2D eigenvalue weighted by Crippen LogP contribution is 2.27. The second-order valence-corrected chi connectivity index (χ2v) is 7.51. The summed E-state index contributed by atoms with van der Waals surface area (Å²) in [5, 5.41) is 0. The quantitative estimate of drug-likeness (QED) is 0.593. The van der Waals surface area contributed by atoms with E-state index in [9.17, 15) is 9.59 Å². The van der Waals surface area contributed by atoms with Crippen molar-refractivity contribution in [3.63, 3.8) is 0 Å². The Morgan fingerprint density at radius 1 is 1.07 bits per heavy atom. The maximum atomic E-state index is 13.1. The van der Waals surface area contributed by atoms with Crippen LogP contribution in [0.3, 0.4) is 0 Å². The van der Waals surface area contributed by atoms with Crippen LogP contribution in [-0.2, 0) is 22.6 Å². The first-order chi connectivity index (χ1) is 14.2. The Morgan fingerprint density at radius 3 is 2.30 bits per heavy atom. The van der Waals surface area contributed by atoms with Crippen molar-refractivity contribution in [3.05, 3.63) is 47.4 Å². The molecule has 0 N–H and O–H groups in total. The topological polar surface area (TPSA) is 72.2 Å². The molecule has 2 amide bonds. The zero-order valence-corrected chi connectivity index (χ0v) is 18.7. The Hall–Kier alpha value is -2.96. The summed E-state index contributed by atoms with van der Waals surface area (Å²) in [6.07, 6.45) is 0.632. The fraction of sp³-hybridized carbons (Fsp3) is 0.478. The standard InChI is InChI=1S/C23H32N2O5/c1-16(2)25(18(4)26)15-23(27)24(14-20-9-7-17(3)30-20)12-11-19-8-10-21(28-5)22(13-19)29-6/h7-10,13,16H,11-12,14-15H2,1-6H3. The number of amides is 2. The number of hydrogen-bond donors (Lipinski definition) is 0. The monoisotopic (exact) mass is 416 g/mol. The molecule has 7 heteroatoms. The Labute approximate surface area is 178 Å². The number of methoxy groups -OCH3 is 2. The zero-order chi connectivity index (χ0) is 22.3. The van der Waals surface area contributed by atoms with Gasteiger partial charge in [-0.3, -0.25) is 9.59 Å². The molecule has 1 aromatic heterocycles. The van der Waals surface area contributed by atoms with Crippen molar-refractivity contribution in [1.29, 1.82) is 0 Å². The van der Waals surface area contributed by atoms with Gasteiger partial charge < -0.3 is 23.7 Å². The van der Waals surface area contributed by atoms with Gasteiger partial charge in [-0.15, -0.1) is 0 Å². The smallest absolute Gasteiger partial charge is 0.242 e. The van der Waals surface area contributed by atoms with E-state index in [2.05, 4.69) is 0 Å². The van der Waals surface area contributed by atoms with E-state index < -0.39 is 0 Å². The van der Waals surface area contributed by atoms with Gasteiger partial charge in [0, 0.05) is 19.5 Å². The third kappa shape index (κ3) is 6.27. The minimum Gasteiger partial charge on any atom is -0.493 e.